The quantitative estimate of drug-likeness (QED) is 0.914. The van der Waals surface area contributed by atoms with Crippen LogP contribution >= 0.6 is 0 Å². The summed E-state index contributed by atoms with van der Waals surface area (Å²) in [4.78, 5) is 13.1. The van der Waals surface area contributed by atoms with Crippen LogP contribution in [-0.4, -0.2) is 21.0 Å². The fourth-order valence-corrected chi connectivity index (χ4v) is 1.99. The van der Waals surface area contributed by atoms with E-state index >= 15 is 0 Å². The molecule has 2 heterocycles. The zero-order valence-electron chi connectivity index (χ0n) is 11.9. The number of hydrogen-bond donors (Lipinski definition) is 1. The van der Waals surface area contributed by atoms with Crippen LogP contribution in [0.1, 0.15) is 29.7 Å². The Balaban J connectivity index is 2.05. The molecule has 2 aromatic heterocycles. The van der Waals surface area contributed by atoms with E-state index in [0.717, 1.165) is 35.0 Å². The van der Waals surface area contributed by atoms with E-state index in [1.165, 1.54) is 0 Å². The van der Waals surface area contributed by atoms with Crippen LogP contribution in [0.5, 0.6) is 0 Å². The SMILES string of the molecule is Cc1cccc(C[C@H](C)Nc2nc(C)ncc2C)n1. The number of aromatic nitrogens is 3. The van der Waals surface area contributed by atoms with E-state index in [9.17, 15) is 0 Å². The molecule has 100 valence electrons. The van der Waals surface area contributed by atoms with Crippen molar-refractivity contribution >= 4 is 5.82 Å². The molecule has 0 radical (unpaired) electrons. The van der Waals surface area contributed by atoms with Crippen molar-refractivity contribution in [2.75, 3.05) is 5.32 Å². The van der Waals surface area contributed by atoms with E-state index < -0.39 is 0 Å². The van der Waals surface area contributed by atoms with Crippen molar-refractivity contribution in [1.82, 2.24) is 15.0 Å². The molecule has 2 aromatic rings. The molecule has 0 aliphatic heterocycles. The van der Waals surface area contributed by atoms with Crippen molar-refractivity contribution in [1.29, 1.82) is 0 Å². The van der Waals surface area contributed by atoms with Gasteiger partial charge in [-0.05, 0) is 39.8 Å². The van der Waals surface area contributed by atoms with Gasteiger partial charge in [-0.15, -0.1) is 0 Å². The zero-order valence-corrected chi connectivity index (χ0v) is 11.9. The highest BCUT2D eigenvalue weighted by atomic mass is 15.0. The summed E-state index contributed by atoms with van der Waals surface area (Å²) in [6.45, 7) is 8.07. The summed E-state index contributed by atoms with van der Waals surface area (Å²) in [5, 5.41) is 3.43. The molecule has 0 saturated heterocycles. The van der Waals surface area contributed by atoms with Gasteiger partial charge in [-0.3, -0.25) is 4.98 Å². The molecule has 0 fully saturated rings. The van der Waals surface area contributed by atoms with Crippen LogP contribution in [0, 0.1) is 20.8 Å². The van der Waals surface area contributed by atoms with Gasteiger partial charge in [-0.2, -0.15) is 0 Å². The third kappa shape index (κ3) is 3.74. The first kappa shape index (κ1) is 13.5. The van der Waals surface area contributed by atoms with Crippen molar-refractivity contribution in [3.63, 3.8) is 0 Å². The van der Waals surface area contributed by atoms with Gasteiger partial charge in [0.05, 0.1) is 0 Å². The molecule has 0 aliphatic rings. The maximum Gasteiger partial charge on any atom is 0.132 e. The van der Waals surface area contributed by atoms with Gasteiger partial charge in [-0.25, -0.2) is 9.97 Å². The van der Waals surface area contributed by atoms with Crippen LogP contribution in [0.15, 0.2) is 24.4 Å². The van der Waals surface area contributed by atoms with Gasteiger partial charge in [0.1, 0.15) is 11.6 Å². The minimum atomic E-state index is 0.280. The minimum absolute atomic E-state index is 0.280. The molecule has 0 aliphatic carbocycles. The second kappa shape index (κ2) is 5.78. The molecule has 1 N–H and O–H groups in total. The smallest absolute Gasteiger partial charge is 0.132 e. The van der Waals surface area contributed by atoms with Crippen molar-refractivity contribution in [2.24, 2.45) is 0 Å². The topological polar surface area (TPSA) is 50.7 Å². The van der Waals surface area contributed by atoms with E-state index in [4.69, 9.17) is 0 Å². The standard InChI is InChI=1S/C15H20N4/c1-10-9-16-13(4)19-15(10)18-12(3)8-14-7-5-6-11(2)17-14/h5-7,9,12H,8H2,1-4H3,(H,16,18,19)/t12-/m0/s1. The summed E-state index contributed by atoms with van der Waals surface area (Å²) < 4.78 is 0. The van der Waals surface area contributed by atoms with E-state index in [1.807, 2.05) is 39.1 Å². The van der Waals surface area contributed by atoms with Gasteiger partial charge in [0.25, 0.3) is 0 Å². The first-order valence-corrected chi connectivity index (χ1v) is 6.54. The van der Waals surface area contributed by atoms with Crippen LogP contribution < -0.4 is 5.32 Å². The summed E-state index contributed by atoms with van der Waals surface area (Å²) >= 11 is 0. The number of aryl methyl sites for hydroxylation is 3. The number of rotatable bonds is 4. The summed E-state index contributed by atoms with van der Waals surface area (Å²) in [6, 6.07) is 6.40. The number of hydrogen-bond acceptors (Lipinski definition) is 4. The molecule has 0 unspecified atom stereocenters. The Morgan fingerprint density at radius 2 is 1.95 bits per heavy atom. The lowest BCUT2D eigenvalue weighted by Crippen LogP contribution is -2.20. The van der Waals surface area contributed by atoms with E-state index in [2.05, 4.69) is 33.3 Å². The number of nitrogens with one attached hydrogen (secondary N) is 1. The van der Waals surface area contributed by atoms with Gasteiger partial charge in [0.15, 0.2) is 0 Å². The molecule has 0 saturated carbocycles. The lowest BCUT2D eigenvalue weighted by molar-refractivity contribution is 0.758. The highest BCUT2D eigenvalue weighted by Gasteiger charge is 2.08. The van der Waals surface area contributed by atoms with Crippen LogP contribution in [0.2, 0.25) is 0 Å². The molecule has 0 aromatic carbocycles. The van der Waals surface area contributed by atoms with Gasteiger partial charge >= 0.3 is 0 Å². The Hall–Kier alpha value is -1.97. The summed E-state index contributed by atoms with van der Waals surface area (Å²) in [5.74, 6) is 1.70. The molecule has 4 heteroatoms. The molecule has 4 nitrogen and oxygen atoms in total. The van der Waals surface area contributed by atoms with Crippen molar-refractivity contribution in [2.45, 2.75) is 40.2 Å². The lowest BCUT2D eigenvalue weighted by atomic mass is 10.1. The van der Waals surface area contributed by atoms with Crippen LogP contribution in [0.4, 0.5) is 5.82 Å². The Morgan fingerprint density at radius 1 is 1.16 bits per heavy atom. The average molecular weight is 256 g/mol. The zero-order chi connectivity index (χ0) is 13.8. The third-order valence-corrected chi connectivity index (χ3v) is 2.94. The molecular weight excluding hydrogens is 236 g/mol. The molecule has 0 spiro atoms. The predicted molar refractivity (Wildman–Crippen MR) is 77.3 cm³/mol. The highest BCUT2D eigenvalue weighted by molar-refractivity contribution is 5.42. The normalized spacial score (nSPS) is 12.2. The highest BCUT2D eigenvalue weighted by Crippen LogP contribution is 2.12. The maximum absolute atomic E-state index is 4.52. The Kier molecular flexibility index (Phi) is 4.10. The summed E-state index contributed by atoms with van der Waals surface area (Å²) in [7, 11) is 0. The lowest BCUT2D eigenvalue weighted by Gasteiger charge is -2.16. The molecule has 1 atom stereocenters. The average Bonchev–Trinajstić information content (AvgIpc) is 2.34. The minimum Gasteiger partial charge on any atom is -0.367 e. The maximum atomic E-state index is 4.52. The van der Waals surface area contributed by atoms with E-state index in [0.29, 0.717) is 0 Å². The van der Waals surface area contributed by atoms with Crippen LogP contribution in [-0.2, 0) is 6.42 Å². The largest absolute Gasteiger partial charge is 0.367 e. The predicted octanol–water partition coefficient (Wildman–Crippen LogP) is 2.84. The molecular formula is C15H20N4. The molecule has 0 bridgehead atoms. The first-order chi connectivity index (χ1) is 9.04. The molecule has 2 rings (SSSR count). The van der Waals surface area contributed by atoms with Crippen molar-refractivity contribution in [3.8, 4) is 0 Å². The fourth-order valence-electron chi connectivity index (χ4n) is 1.99. The van der Waals surface area contributed by atoms with E-state index in [1.54, 1.807) is 0 Å². The van der Waals surface area contributed by atoms with Gasteiger partial charge in [0, 0.05) is 35.6 Å². The fraction of sp³-hybridized carbons (Fsp3) is 0.400. The number of anilines is 1. The molecule has 0 amide bonds. The van der Waals surface area contributed by atoms with Crippen molar-refractivity contribution < 1.29 is 0 Å². The number of pyridine rings is 1. The number of nitrogens with zero attached hydrogens (tertiary/aromatic N) is 3. The van der Waals surface area contributed by atoms with Crippen LogP contribution in [0.3, 0.4) is 0 Å². The Morgan fingerprint density at radius 3 is 2.68 bits per heavy atom. The summed E-state index contributed by atoms with van der Waals surface area (Å²) in [5.41, 5.74) is 3.22. The monoisotopic (exact) mass is 256 g/mol. The van der Waals surface area contributed by atoms with Crippen LogP contribution in [0.25, 0.3) is 0 Å². The second-order valence-electron chi connectivity index (χ2n) is 4.97. The molecule has 19 heavy (non-hydrogen) atoms. The first-order valence-electron chi connectivity index (χ1n) is 6.54. The third-order valence-electron chi connectivity index (χ3n) is 2.94. The Labute approximate surface area is 114 Å². The van der Waals surface area contributed by atoms with Gasteiger partial charge in [0.2, 0.25) is 0 Å². The Bertz CT molecular complexity index is 566. The van der Waals surface area contributed by atoms with Gasteiger partial charge in [-0.1, -0.05) is 6.07 Å². The second-order valence-corrected chi connectivity index (χ2v) is 4.97. The van der Waals surface area contributed by atoms with E-state index in [-0.39, 0.29) is 6.04 Å². The van der Waals surface area contributed by atoms with Gasteiger partial charge < -0.3 is 5.32 Å². The summed E-state index contributed by atoms with van der Waals surface area (Å²) in [6.07, 6.45) is 2.73. The van der Waals surface area contributed by atoms with Crippen molar-refractivity contribution in [3.05, 3.63) is 47.2 Å².